The molecule has 0 aliphatic heterocycles. The van der Waals surface area contributed by atoms with Crippen molar-refractivity contribution >= 4 is 17.2 Å². The molecule has 0 aromatic carbocycles. The van der Waals surface area contributed by atoms with Crippen molar-refractivity contribution in [2.75, 3.05) is 0 Å². The molecule has 1 aliphatic carbocycles. The van der Waals surface area contributed by atoms with Crippen molar-refractivity contribution in [1.82, 2.24) is 10.3 Å². The number of nitrogens with one attached hydrogen (secondary N) is 1. The molecule has 0 radical (unpaired) electrons. The zero-order chi connectivity index (χ0) is 9.26. The average molecular weight is 198 g/mol. The number of hydrogen-bond donors (Lipinski definition) is 2. The van der Waals surface area contributed by atoms with Gasteiger partial charge in [0.2, 0.25) is 0 Å². The first-order chi connectivity index (χ1) is 6.27. The molecular weight excluding hydrogens is 188 g/mol. The second-order valence-corrected chi connectivity index (χ2v) is 3.98. The Bertz CT molecular complexity index is 299. The van der Waals surface area contributed by atoms with Crippen LogP contribution in [0.4, 0.5) is 0 Å². The minimum Gasteiger partial charge on any atom is -0.391 e. The highest BCUT2D eigenvalue weighted by Gasteiger charge is 2.30. The first kappa shape index (κ1) is 8.65. The average Bonchev–Trinajstić information content (AvgIpc) is 2.64. The molecule has 0 bridgehead atoms. The van der Waals surface area contributed by atoms with Crippen LogP contribution in [0.25, 0.3) is 0 Å². The Kier molecular flexibility index (Phi) is 2.28. The van der Waals surface area contributed by atoms with E-state index in [0.717, 1.165) is 12.8 Å². The molecule has 0 unspecified atom stereocenters. The van der Waals surface area contributed by atoms with Crippen LogP contribution in [0.3, 0.4) is 0 Å². The van der Waals surface area contributed by atoms with Crippen LogP contribution in [0.1, 0.15) is 22.5 Å². The summed E-state index contributed by atoms with van der Waals surface area (Å²) in [5.74, 6) is -0.133. The van der Waals surface area contributed by atoms with E-state index in [4.69, 9.17) is 0 Å². The van der Waals surface area contributed by atoms with Crippen LogP contribution in [0, 0.1) is 0 Å². The fourth-order valence-corrected chi connectivity index (χ4v) is 1.74. The number of thiazole rings is 1. The van der Waals surface area contributed by atoms with Gasteiger partial charge in [-0.2, -0.15) is 0 Å². The third kappa shape index (κ3) is 1.71. The van der Waals surface area contributed by atoms with E-state index in [1.807, 2.05) is 0 Å². The van der Waals surface area contributed by atoms with E-state index >= 15 is 0 Å². The minimum absolute atomic E-state index is 0.0606. The number of amides is 1. The summed E-state index contributed by atoms with van der Waals surface area (Å²) in [6.45, 7) is 0. The van der Waals surface area contributed by atoms with Crippen molar-refractivity contribution in [3.05, 3.63) is 16.6 Å². The van der Waals surface area contributed by atoms with Gasteiger partial charge in [0.05, 0.1) is 23.9 Å². The van der Waals surface area contributed by atoms with Crippen molar-refractivity contribution in [1.29, 1.82) is 0 Å². The van der Waals surface area contributed by atoms with Gasteiger partial charge in [-0.05, 0) is 12.8 Å². The third-order valence-corrected chi connectivity index (χ3v) is 2.98. The number of aliphatic hydroxyl groups is 1. The summed E-state index contributed by atoms with van der Waals surface area (Å²) in [5.41, 5.74) is 1.62. The molecule has 0 saturated heterocycles. The third-order valence-electron chi connectivity index (χ3n) is 2.21. The molecule has 2 rings (SSSR count). The van der Waals surface area contributed by atoms with Gasteiger partial charge in [-0.25, -0.2) is 0 Å². The van der Waals surface area contributed by atoms with Gasteiger partial charge in [0.15, 0.2) is 0 Å². The number of aliphatic hydroxyl groups excluding tert-OH is 1. The largest absolute Gasteiger partial charge is 0.391 e. The maximum absolute atomic E-state index is 11.4. The van der Waals surface area contributed by atoms with Crippen LogP contribution < -0.4 is 5.32 Å². The Morgan fingerprint density at radius 2 is 2.54 bits per heavy atom. The van der Waals surface area contributed by atoms with Crippen molar-refractivity contribution < 1.29 is 9.90 Å². The van der Waals surface area contributed by atoms with E-state index < -0.39 is 0 Å². The van der Waals surface area contributed by atoms with E-state index in [1.54, 1.807) is 5.51 Å². The van der Waals surface area contributed by atoms with Gasteiger partial charge in [0, 0.05) is 0 Å². The maximum Gasteiger partial charge on any atom is 0.263 e. The fourth-order valence-electron chi connectivity index (χ4n) is 1.22. The molecule has 2 N–H and O–H groups in total. The molecule has 1 saturated carbocycles. The number of carbonyl (C=O) groups excluding carboxylic acids is 1. The lowest BCUT2D eigenvalue weighted by Gasteiger charge is -2.32. The molecule has 70 valence electrons. The Morgan fingerprint density at radius 1 is 1.69 bits per heavy atom. The number of rotatable bonds is 2. The van der Waals surface area contributed by atoms with E-state index in [1.165, 1.54) is 17.5 Å². The normalized spacial score (nSPS) is 26.5. The zero-order valence-electron chi connectivity index (χ0n) is 6.93. The number of nitrogens with zero attached hydrogens (tertiary/aromatic N) is 1. The predicted octanol–water partition coefficient (Wildman–Crippen LogP) is 0.396. The van der Waals surface area contributed by atoms with E-state index in [2.05, 4.69) is 10.3 Å². The van der Waals surface area contributed by atoms with Gasteiger partial charge >= 0.3 is 0 Å². The highest BCUT2D eigenvalue weighted by atomic mass is 32.1. The molecule has 2 atom stereocenters. The van der Waals surface area contributed by atoms with Crippen LogP contribution >= 0.6 is 11.3 Å². The Labute approximate surface area is 79.6 Å². The van der Waals surface area contributed by atoms with Crippen LogP contribution in [-0.4, -0.2) is 28.1 Å². The highest BCUT2D eigenvalue weighted by molar-refractivity contribution is 7.11. The zero-order valence-corrected chi connectivity index (χ0v) is 7.75. The van der Waals surface area contributed by atoms with Crippen LogP contribution in [0.2, 0.25) is 0 Å². The Hall–Kier alpha value is -0.940. The molecule has 1 aromatic heterocycles. The molecule has 1 aromatic rings. The monoisotopic (exact) mass is 198 g/mol. The van der Waals surface area contributed by atoms with Gasteiger partial charge in [-0.15, -0.1) is 11.3 Å². The minimum atomic E-state index is -0.364. The summed E-state index contributed by atoms with van der Waals surface area (Å²) in [7, 11) is 0. The molecule has 4 nitrogen and oxygen atoms in total. The summed E-state index contributed by atoms with van der Waals surface area (Å²) in [5, 5.41) is 12.0. The van der Waals surface area contributed by atoms with Crippen molar-refractivity contribution in [3.63, 3.8) is 0 Å². The first-order valence-corrected chi connectivity index (χ1v) is 5.03. The van der Waals surface area contributed by atoms with Gasteiger partial charge in [0.1, 0.15) is 4.88 Å². The van der Waals surface area contributed by atoms with Crippen molar-refractivity contribution in [2.24, 2.45) is 0 Å². The Morgan fingerprint density at radius 3 is 3.00 bits per heavy atom. The van der Waals surface area contributed by atoms with Crippen LogP contribution in [0.15, 0.2) is 11.7 Å². The van der Waals surface area contributed by atoms with Gasteiger partial charge in [-0.1, -0.05) is 0 Å². The smallest absolute Gasteiger partial charge is 0.263 e. The number of hydrogen-bond acceptors (Lipinski definition) is 4. The second kappa shape index (κ2) is 3.43. The molecule has 0 spiro atoms. The molecular formula is C8H10N2O2S. The van der Waals surface area contributed by atoms with Gasteiger partial charge < -0.3 is 10.4 Å². The molecule has 5 heteroatoms. The highest BCUT2D eigenvalue weighted by Crippen LogP contribution is 2.20. The SMILES string of the molecule is O=C(N[C@@H]1CC[C@H]1O)c1cncs1. The van der Waals surface area contributed by atoms with Crippen molar-refractivity contribution in [3.8, 4) is 0 Å². The lowest BCUT2D eigenvalue weighted by molar-refractivity contribution is 0.0449. The summed E-state index contributed by atoms with van der Waals surface area (Å²) in [6.07, 6.45) is 2.82. The molecule has 13 heavy (non-hydrogen) atoms. The molecule has 1 fully saturated rings. The second-order valence-electron chi connectivity index (χ2n) is 3.09. The summed E-state index contributed by atoms with van der Waals surface area (Å²) in [4.78, 5) is 15.8. The van der Waals surface area contributed by atoms with E-state index in [-0.39, 0.29) is 18.1 Å². The summed E-state index contributed by atoms with van der Waals surface area (Å²) >= 11 is 1.30. The first-order valence-electron chi connectivity index (χ1n) is 4.15. The van der Waals surface area contributed by atoms with Gasteiger partial charge in [0.25, 0.3) is 5.91 Å². The maximum atomic E-state index is 11.4. The summed E-state index contributed by atoms with van der Waals surface area (Å²) < 4.78 is 0. The fraction of sp³-hybridized carbons (Fsp3) is 0.500. The van der Waals surface area contributed by atoms with Crippen LogP contribution in [-0.2, 0) is 0 Å². The molecule has 1 amide bonds. The summed E-state index contributed by atoms with van der Waals surface area (Å²) in [6, 6.07) is -0.0606. The lowest BCUT2D eigenvalue weighted by Crippen LogP contribution is -2.50. The van der Waals surface area contributed by atoms with E-state index in [9.17, 15) is 9.90 Å². The quantitative estimate of drug-likeness (QED) is 0.723. The molecule has 1 heterocycles. The number of carbonyl (C=O) groups is 1. The topological polar surface area (TPSA) is 62.2 Å². The van der Waals surface area contributed by atoms with Crippen molar-refractivity contribution in [2.45, 2.75) is 25.0 Å². The molecule has 1 aliphatic rings. The van der Waals surface area contributed by atoms with E-state index in [0.29, 0.717) is 4.88 Å². The van der Waals surface area contributed by atoms with Crippen LogP contribution in [0.5, 0.6) is 0 Å². The Balaban J connectivity index is 1.92. The lowest BCUT2D eigenvalue weighted by atomic mass is 9.89. The number of aromatic nitrogens is 1. The van der Waals surface area contributed by atoms with Gasteiger partial charge in [-0.3, -0.25) is 9.78 Å². The standard InChI is InChI=1S/C8H10N2O2S/c11-6-2-1-5(6)10-8(12)7-3-9-4-13-7/h3-6,11H,1-2H2,(H,10,12)/t5-,6-/m1/s1. The predicted molar refractivity (Wildman–Crippen MR) is 48.6 cm³/mol.